The number of carbonyl (C=O) groups excluding carboxylic acids is 2. The number of rotatable bonds is 5. The molecule has 1 saturated heterocycles. The van der Waals surface area contributed by atoms with Gasteiger partial charge >= 0.3 is 0 Å². The first-order valence-corrected chi connectivity index (χ1v) is 13.8. The first-order valence-electron chi connectivity index (χ1n) is 10.8. The van der Waals surface area contributed by atoms with Crippen LogP contribution in [0.15, 0.2) is 82.7 Å². The number of fused-ring (bicyclic) bond motifs is 1. The van der Waals surface area contributed by atoms with Crippen molar-refractivity contribution >= 4 is 73.1 Å². The summed E-state index contributed by atoms with van der Waals surface area (Å²) in [6, 6.07) is 18.5. The first-order chi connectivity index (χ1) is 17.1. The normalized spacial score (nSPS) is 15.4. The van der Waals surface area contributed by atoms with E-state index in [2.05, 4.69) is 0 Å². The maximum Gasteiger partial charge on any atom is 0.293 e. The summed E-state index contributed by atoms with van der Waals surface area (Å²) in [5.74, 6) is -0.464. The van der Waals surface area contributed by atoms with Crippen LogP contribution >= 0.6 is 35.0 Å². The van der Waals surface area contributed by atoms with E-state index in [4.69, 9.17) is 23.2 Å². The number of carbonyl (C=O) groups is 2. The molecule has 2 heterocycles. The zero-order valence-electron chi connectivity index (χ0n) is 18.8. The van der Waals surface area contributed by atoms with Crippen LogP contribution in [0.1, 0.15) is 16.7 Å². The van der Waals surface area contributed by atoms with Gasteiger partial charge in [-0.3, -0.25) is 14.5 Å². The van der Waals surface area contributed by atoms with Crippen LogP contribution in [0.3, 0.4) is 0 Å². The number of nitrogens with zero attached hydrogens (tertiary/aromatic N) is 2. The van der Waals surface area contributed by atoms with E-state index in [9.17, 15) is 18.0 Å². The van der Waals surface area contributed by atoms with Gasteiger partial charge in [-0.25, -0.2) is 12.4 Å². The van der Waals surface area contributed by atoms with E-state index in [-0.39, 0.29) is 16.3 Å². The number of amides is 2. The zero-order chi connectivity index (χ0) is 25.6. The molecule has 6 nitrogen and oxygen atoms in total. The molecule has 0 atom stereocenters. The van der Waals surface area contributed by atoms with Crippen LogP contribution in [-0.2, 0) is 21.4 Å². The Balaban J connectivity index is 1.52. The lowest BCUT2D eigenvalue weighted by molar-refractivity contribution is -0.123. The van der Waals surface area contributed by atoms with Gasteiger partial charge in [0.05, 0.1) is 31.9 Å². The molecule has 182 valence electrons. The maximum atomic E-state index is 13.4. The number of benzene rings is 3. The highest BCUT2D eigenvalue weighted by Crippen LogP contribution is 2.36. The molecule has 1 aliphatic rings. The molecule has 0 N–H and O–H groups in total. The molecule has 0 radical (unpaired) electrons. The fraction of sp³-hybridized carbons (Fsp3) is 0.0769. The molecule has 1 aromatic heterocycles. The Bertz CT molecular complexity index is 1680. The minimum absolute atomic E-state index is 0.0441. The lowest BCUT2D eigenvalue weighted by Gasteiger charge is -2.12. The number of aryl methyl sites for hydroxylation is 1. The smallest absolute Gasteiger partial charge is 0.268 e. The van der Waals surface area contributed by atoms with Crippen LogP contribution < -0.4 is 0 Å². The molecule has 2 amide bonds. The minimum atomic E-state index is -3.88. The Morgan fingerprint density at radius 1 is 0.944 bits per heavy atom. The largest absolute Gasteiger partial charge is 0.293 e. The number of imide groups is 1. The molecule has 0 saturated carbocycles. The van der Waals surface area contributed by atoms with Gasteiger partial charge in [-0.1, -0.05) is 65.2 Å². The highest BCUT2D eigenvalue weighted by atomic mass is 35.5. The van der Waals surface area contributed by atoms with Gasteiger partial charge in [-0.15, -0.1) is 0 Å². The second-order valence-corrected chi connectivity index (χ2v) is 11.9. The molecule has 5 rings (SSSR count). The van der Waals surface area contributed by atoms with Crippen molar-refractivity contribution in [3.8, 4) is 0 Å². The highest BCUT2D eigenvalue weighted by Gasteiger charge is 2.35. The standard InChI is InChI=1S/C26H18Cl2N2O4S2/c1-16-6-9-19(10-7-16)36(33,34)30-15-18(20-4-2-3-5-23(20)30)13-24-25(31)29(26(32)35-24)14-17-8-11-21(27)22(28)12-17/h2-13,15H,14H2,1H3/b24-13-. The molecular weight excluding hydrogens is 539 g/mol. The molecule has 36 heavy (non-hydrogen) atoms. The molecule has 4 aromatic rings. The fourth-order valence-corrected chi connectivity index (χ4v) is 6.44. The minimum Gasteiger partial charge on any atom is -0.268 e. The van der Waals surface area contributed by atoms with E-state index in [1.54, 1.807) is 72.8 Å². The lowest BCUT2D eigenvalue weighted by Crippen LogP contribution is -2.27. The van der Waals surface area contributed by atoms with E-state index in [1.807, 2.05) is 6.92 Å². The molecule has 0 unspecified atom stereocenters. The van der Waals surface area contributed by atoms with Crippen molar-refractivity contribution in [2.75, 3.05) is 0 Å². The Kier molecular flexibility index (Phi) is 6.46. The average Bonchev–Trinajstić information content (AvgIpc) is 3.35. The number of aromatic nitrogens is 1. The quantitative estimate of drug-likeness (QED) is 0.255. The number of para-hydroxylation sites is 1. The van der Waals surface area contributed by atoms with Crippen molar-refractivity contribution in [2.24, 2.45) is 0 Å². The summed E-state index contributed by atoms with van der Waals surface area (Å²) in [5.41, 5.74) is 2.60. The summed E-state index contributed by atoms with van der Waals surface area (Å²) in [6.07, 6.45) is 3.04. The van der Waals surface area contributed by atoms with Gasteiger partial charge in [0.1, 0.15) is 0 Å². The topological polar surface area (TPSA) is 76.5 Å². The van der Waals surface area contributed by atoms with Crippen molar-refractivity contribution in [3.05, 3.63) is 105 Å². The Labute approximate surface area is 222 Å². The predicted molar refractivity (Wildman–Crippen MR) is 144 cm³/mol. The first kappa shape index (κ1) is 24.6. The average molecular weight is 557 g/mol. The van der Waals surface area contributed by atoms with Crippen molar-refractivity contribution in [1.82, 2.24) is 8.87 Å². The van der Waals surface area contributed by atoms with Gasteiger partial charge in [0.2, 0.25) is 0 Å². The van der Waals surface area contributed by atoms with E-state index in [0.29, 0.717) is 32.1 Å². The van der Waals surface area contributed by atoms with Gasteiger partial charge < -0.3 is 0 Å². The van der Waals surface area contributed by atoms with Crippen LogP contribution in [-0.4, -0.2) is 28.4 Å². The van der Waals surface area contributed by atoms with Crippen molar-refractivity contribution in [1.29, 1.82) is 0 Å². The van der Waals surface area contributed by atoms with E-state index in [0.717, 1.165) is 22.2 Å². The monoisotopic (exact) mass is 556 g/mol. The predicted octanol–water partition coefficient (Wildman–Crippen LogP) is 6.73. The summed E-state index contributed by atoms with van der Waals surface area (Å²) in [5, 5.41) is 0.934. The number of thioether (sulfide) groups is 1. The van der Waals surface area contributed by atoms with Crippen LogP contribution in [0.4, 0.5) is 4.79 Å². The van der Waals surface area contributed by atoms with Gasteiger partial charge in [0, 0.05) is 17.1 Å². The molecule has 10 heteroatoms. The Hall–Kier alpha value is -3.04. The van der Waals surface area contributed by atoms with Gasteiger partial charge in [0.15, 0.2) is 0 Å². The van der Waals surface area contributed by atoms with E-state index >= 15 is 0 Å². The second kappa shape index (κ2) is 9.44. The van der Waals surface area contributed by atoms with Crippen LogP contribution in [0.2, 0.25) is 10.0 Å². The zero-order valence-corrected chi connectivity index (χ0v) is 22.0. The SMILES string of the molecule is Cc1ccc(S(=O)(=O)n2cc(/C=C3\SC(=O)N(Cc4ccc(Cl)c(Cl)c4)C3=O)c3ccccc32)cc1. The van der Waals surface area contributed by atoms with Gasteiger partial charge in [-0.05, 0) is 60.7 Å². The highest BCUT2D eigenvalue weighted by molar-refractivity contribution is 8.18. The lowest BCUT2D eigenvalue weighted by atomic mass is 10.1. The van der Waals surface area contributed by atoms with Gasteiger partial charge in [0.25, 0.3) is 21.2 Å². The van der Waals surface area contributed by atoms with Crippen molar-refractivity contribution in [2.45, 2.75) is 18.4 Å². The molecular formula is C26H18Cl2N2O4S2. The molecule has 0 spiro atoms. The maximum absolute atomic E-state index is 13.4. The summed E-state index contributed by atoms with van der Waals surface area (Å²) < 4.78 is 28.0. The van der Waals surface area contributed by atoms with Crippen LogP contribution in [0, 0.1) is 6.92 Å². The molecule has 0 bridgehead atoms. The number of halogens is 2. The van der Waals surface area contributed by atoms with Crippen LogP contribution in [0.5, 0.6) is 0 Å². The molecule has 3 aromatic carbocycles. The van der Waals surface area contributed by atoms with Crippen molar-refractivity contribution in [3.63, 3.8) is 0 Å². The third-order valence-electron chi connectivity index (χ3n) is 5.77. The summed E-state index contributed by atoms with van der Waals surface area (Å²) >= 11 is 12.8. The number of hydrogen-bond acceptors (Lipinski definition) is 5. The Morgan fingerprint density at radius 2 is 1.67 bits per heavy atom. The Morgan fingerprint density at radius 3 is 2.39 bits per heavy atom. The van der Waals surface area contributed by atoms with E-state index < -0.39 is 21.2 Å². The fourth-order valence-electron chi connectivity index (χ4n) is 3.91. The summed E-state index contributed by atoms with van der Waals surface area (Å²) in [4.78, 5) is 27.2. The molecule has 0 aliphatic carbocycles. The molecule has 1 aliphatic heterocycles. The van der Waals surface area contributed by atoms with E-state index in [1.165, 1.54) is 10.2 Å². The summed E-state index contributed by atoms with van der Waals surface area (Å²) in [6.45, 7) is 1.93. The third-order valence-corrected chi connectivity index (χ3v) is 9.11. The van der Waals surface area contributed by atoms with Gasteiger partial charge in [-0.2, -0.15) is 0 Å². The van der Waals surface area contributed by atoms with Crippen molar-refractivity contribution < 1.29 is 18.0 Å². The molecule has 1 fully saturated rings. The van der Waals surface area contributed by atoms with Crippen LogP contribution in [0.25, 0.3) is 17.0 Å². The second-order valence-electron chi connectivity index (χ2n) is 8.23. The number of hydrogen-bond donors (Lipinski definition) is 0. The third kappa shape index (κ3) is 4.46. The summed E-state index contributed by atoms with van der Waals surface area (Å²) in [7, 11) is -3.88.